The van der Waals surface area contributed by atoms with E-state index in [2.05, 4.69) is 0 Å². The first kappa shape index (κ1) is 8.23. The standard InChI is InChI=1S/C10H8F2O/c11-10(12)9-6-5-7-3-1-2-4-8(7)13-9/h1-6,9-10H. The smallest absolute Gasteiger partial charge is 0.278 e. The number of hydrogen-bond donors (Lipinski definition) is 0. The first-order valence-electron chi connectivity index (χ1n) is 3.99. The number of halogens is 2. The SMILES string of the molecule is FC(F)C1C=Cc2ccccc2O1. The largest absolute Gasteiger partial charge is 0.480 e. The number of para-hydroxylation sites is 1. The van der Waals surface area contributed by atoms with Gasteiger partial charge >= 0.3 is 0 Å². The minimum Gasteiger partial charge on any atom is -0.480 e. The Morgan fingerprint density at radius 2 is 2.00 bits per heavy atom. The van der Waals surface area contributed by atoms with Crippen LogP contribution < -0.4 is 4.74 Å². The molecule has 1 aliphatic heterocycles. The van der Waals surface area contributed by atoms with E-state index >= 15 is 0 Å². The summed E-state index contributed by atoms with van der Waals surface area (Å²) in [5.41, 5.74) is 0.847. The zero-order valence-electron chi connectivity index (χ0n) is 6.78. The van der Waals surface area contributed by atoms with Crippen molar-refractivity contribution in [3.05, 3.63) is 35.9 Å². The zero-order valence-corrected chi connectivity index (χ0v) is 6.78. The number of fused-ring (bicyclic) bond motifs is 1. The highest BCUT2D eigenvalue weighted by Gasteiger charge is 2.22. The molecule has 0 bridgehead atoms. The van der Waals surface area contributed by atoms with Gasteiger partial charge in [-0.2, -0.15) is 0 Å². The maximum atomic E-state index is 12.2. The first-order chi connectivity index (χ1) is 6.27. The molecule has 0 fully saturated rings. The summed E-state index contributed by atoms with van der Waals surface area (Å²) in [7, 11) is 0. The molecule has 0 amide bonds. The number of hydrogen-bond acceptors (Lipinski definition) is 1. The molecule has 3 heteroatoms. The molecule has 2 rings (SSSR count). The Morgan fingerprint density at radius 1 is 1.23 bits per heavy atom. The van der Waals surface area contributed by atoms with E-state index in [-0.39, 0.29) is 0 Å². The predicted molar refractivity (Wildman–Crippen MR) is 45.9 cm³/mol. The predicted octanol–water partition coefficient (Wildman–Crippen LogP) is 2.73. The molecule has 68 valence electrons. The van der Waals surface area contributed by atoms with Crippen molar-refractivity contribution in [2.45, 2.75) is 12.5 Å². The van der Waals surface area contributed by atoms with Crippen LogP contribution in [0.15, 0.2) is 30.3 Å². The maximum Gasteiger partial charge on any atom is 0.278 e. The van der Waals surface area contributed by atoms with E-state index in [9.17, 15) is 8.78 Å². The van der Waals surface area contributed by atoms with Gasteiger partial charge in [0, 0.05) is 5.56 Å². The molecule has 1 aliphatic rings. The third-order valence-corrected chi connectivity index (χ3v) is 1.90. The number of alkyl halides is 2. The van der Waals surface area contributed by atoms with Gasteiger partial charge in [-0.25, -0.2) is 8.78 Å². The van der Waals surface area contributed by atoms with Gasteiger partial charge in [0.05, 0.1) is 0 Å². The lowest BCUT2D eigenvalue weighted by molar-refractivity contribution is 0.0376. The lowest BCUT2D eigenvalue weighted by Crippen LogP contribution is -2.24. The van der Waals surface area contributed by atoms with Crippen molar-refractivity contribution < 1.29 is 13.5 Å². The van der Waals surface area contributed by atoms with Gasteiger partial charge < -0.3 is 4.74 Å². The van der Waals surface area contributed by atoms with E-state index in [0.717, 1.165) is 5.56 Å². The van der Waals surface area contributed by atoms with Crippen molar-refractivity contribution >= 4 is 6.08 Å². The Balaban J connectivity index is 2.29. The molecule has 1 unspecified atom stereocenters. The average Bonchev–Trinajstić information content (AvgIpc) is 2.17. The Hall–Kier alpha value is -1.38. The molecule has 1 nitrogen and oxygen atoms in total. The van der Waals surface area contributed by atoms with Crippen LogP contribution in [0.2, 0.25) is 0 Å². The first-order valence-corrected chi connectivity index (χ1v) is 3.99. The summed E-state index contributed by atoms with van der Waals surface area (Å²) in [6.45, 7) is 0. The van der Waals surface area contributed by atoms with E-state index in [1.54, 1.807) is 18.2 Å². The van der Waals surface area contributed by atoms with Gasteiger partial charge in [-0.1, -0.05) is 24.3 Å². The minimum absolute atomic E-state index is 0.523. The second-order valence-corrected chi connectivity index (χ2v) is 2.81. The highest BCUT2D eigenvalue weighted by atomic mass is 19.3. The molecule has 1 heterocycles. The third kappa shape index (κ3) is 1.54. The summed E-state index contributed by atoms with van der Waals surface area (Å²) in [4.78, 5) is 0. The van der Waals surface area contributed by atoms with Gasteiger partial charge in [-0.15, -0.1) is 0 Å². The molecule has 0 N–H and O–H groups in total. The van der Waals surface area contributed by atoms with Crippen LogP contribution >= 0.6 is 0 Å². The zero-order chi connectivity index (χ0) is 9.26. The summed E-state index contributed by atoms with van der Waals surface area (Å²) < 4.78 is 29.5. The summed E-state index contributed by atoms with van der Waals surface area (Å²) in [5, 5.41) is 0. The Kier molecular flexibility index (Phi) is 2.00. The molecule has 0 radical (unpaired) electrons. The van der Waals surface area contributed by atoms with Gasteiger partial charge in [0.25, 0.3) is 6.43 Å². The van der Waals surface area contributed by atoms with E-state index in [1.165, 1.54) is 6.08 Å². The van der Waals surface area contributed by atoms with E-state index in [0.29, 0.717) is 5.75 Å². The number of benzene rings is 1. The van der Waals surface area contributed by atoms with Gasteiger partial charge in [-0.3, -0.25) is 0 Å². The van der Waals surface area contributed by atoms with Crippen LogP contribution in [0.25, 0.3) is 6.08 Å². The molecule has 0 aliphatic carbocycles. The van der Waals surface area contributed by atoms with Crippen LogP contribution in [0.3, 0.4) is 0 Å². The average molecular weight is 182 g/mol. The van der Waals surface area contributed by atoms with E-state index in [1.807, 2.05) is 12.1 Å². The van der Waals surface area contributed by atoms with Crippen molar-refractivity contribution in [3.63, 3.8) is 0 Å². The molecule has 0 aromatic heterocycles. The Labute approximate surface area is 74.6 Å². The fourth-order valence-electron chi connectivity index (χ4n) is 1.25. The Bertz CT molecular complexity index is 333. The topological polar surface area (TPSA) is 9.23 Å². The van der Waals surface area contributed by atoms with Crippen molar-refractivity contribution in [2.24, 2.45) is 0 Å². The third-order valence-electron chi connectivity index (χ3n) is 1.90. The van der Waals surface area contributed by atoms with E-state index in [4.69, 9.17) is 4.74 Å². The van der Waals surface area contributed by atoms with Crippen LogP contribution in [0.5, 0.6) is 5.75 Å². The van der Waals surface area contributed by atoms with Gasteiger partial charge in [0.2, 0.25) is 0 Å². The maximum absolute atomic E-state index is 12.2. The van der Waals surface area contributed by atoms with Crippen LogP contribution in [0.1, 0.15) is 5.56 Å². The van der Waals surface area contributed by atoms with Crippen molar-refractivity contribution in [3.8, 4) is 5.75 Å². The second kappa shape index (κ2) is 3.17. The van der Waals surface area contributed by atoms with Crippen LogP contribution in [0, 0.1) is 0 Å². The molecular formula is C10H8F2O. The van der Waals surface area contributed by atoms with Gasteiger partial charge in [0.15, 0.2) is 6.10 Å². The fourth-order valence-corrected chi connectivity index (χ4v) is 1.25. The quantitative estimate of drug-likeness (QED) is 0.648. The summed E-state index contributed by atoms with van der Waals surface area (Å²) in [5.74, 6) is 0.523. The van der Waals surface area contributed by atoms with Crippen LogP contribution in [0.4, 0.5) is 8.78 Å². The molecule has 0 saturated carbocycles. The van der Waals surface area contributed by atoms with Crippen molar-refractivity contribution in [1.29, 1.82) is 0 Å². The van der Waals surface area contributed by atoms with Crippen LogP contribution in [-0.4, -0.2) is 12.5 Å². The summed E-state index contributed by atoms with van der Waals surface area (Å²) in [6.07, 6.45) is -0.526. The van der Waals surface area contributed by atoms with Crippen molar-refractivity contribution in [1.82, 2.24) is 0 Å². The Morgan fingerprint density at radius 3 is 2.77 bits per heavy atom. The molecular weight excluding hydrogens is 174 g/mol. The molecule has 0 saturated heterocycles. The normalized spacial score (nSPS) is 19.8. The highest BCUT2D eigenvalue weighted by molar-refractivity contribution is 5.59. The number of ether oxygens (including phenoxy) is 1. The molecule has 1 aromatic rings. The molecule has 1 atom stereocenters. The van der Waals surface area contributed by atoms with Crippen LogP contribution in [-0.2, 0) is 0 Å². The number of rotatable bonds is 1. The van der Waals surface area contributed by atoms with Gasteiger partial charge in [0.1, 0.15) is 5.75 Å². The summed E-state index contributed by atoms with van der Waals surface area (Å²) in [6, 6.07) is 7.12. The lowest BCUT2D eigenvalue weighted by Gasteiger charge is -2.20. The molecule has 1 aromatic carbocycles. The van der Waals surface area contributed by atoms with Gasteiger partial charge in [-0.05, 0) is 12.1 Å². The fraction of sp³-hybridized carbons (Fsp3) is 0.200. The molecule has 0 spiro atoms. The minimum atomic E-state index is -2.47. The van der Waals surface area contributed by atoms with E-state index < -0.39 is 12.5 Å². The molecule has 13 heavy (non-hydrogen) atoms. The summed E-state index contributed by atoms with van der Waals surface area (Å²) >= 11 is 0. The lowest BCUT2D eigenvalue weighted by atomic mass is 10.1. The van der Waals surface area contributed by atoms with Crippen molar-refractivity contribution in [2.75, 3.05) is 0 Å². The second-order valence-electron chi connectivity index (χ2n) is 2.81. The monoisotopic (exact) mass is 182 g/mol. The highest BCUT2D eigenvalue weighted by Crippen LogP contribution is 2.27.